The van der Waals surface area contributed by atoms with Gasteiger partial charge in [-0.05, 0) is 55.0 Å². The van der Waals surface area contributed by atoms with E-state index in [4.69, 9.17) is 0 Å². The maximum absolute atomic E-state index is 3.58. The Labute approximate surface area is 153 Å². The van der Waals surface area contributed by atoms with E-state index >= 15 is 0 Å². The maximum atomic E-state index is 3.58. The fourth-order valence-corrected chi connectivity index (χ4v) is 5.35. The summed E-state index contributed by atoms with van der Waals surface area (Å²) in [6.45, 7) is 5.64. The molecule has 2 aliphatic rings. The molecule has 4 rings (SSSR count). The number of fused-ring (bicyclic) bond motifs is 2. The summed E-state index contributed by atoms with van der Waals surface area (Å²) in [6, 6.07) is 17.0. The van der Waals surface area contributed by atoms with Gasteiger partial charge in [0.1, 0.15) is 0 Å². The molecule has 2 nitrogen and oxygen atoms in total. The lowest BCUT2D eigenvalue weighted by atomic mass is 9.96. The number of benzene rings is 2. The van der Waals surface area contributed by atoms with Gasteiger partial charge in [-0.2, -0.15) is 0 Å². The standard InChI is InChI=1S/C20H24N2S2/c1-14-13-22(10-9-21-14)18-11-15-5-3-4-6-19(15)24-20-8-7-16(23-2)12-17(18)20/h3-8,12,14,18,21H,9-11,13H2,1-2H3. The van der Waals surface area contributed by atoms with E-state index < -0.39 is 0 Å². The molecule has 24 heavy (non-hydrogen) atoms. The zero-order valence-corrected chi connectivity index (χ0v) is 15.9. The van der Waals surface area contributed by atoms with Gasteiger partial charge in [0.25, 0.3) is 0 Å². The van der Waals surface area contributed by atoms with Gasteiger partial charge in [0.05, 0.1) is 0 Å². The van der Waals surface area contributed by atoms with E-state index in [0.717, 1.165) is 26.1 Å². The van der Waals surface area contributed by atoms with E-state index in [0.29, 0.717) is 12.1 Å². The number of thioether (sulfide) groups is 1. The number of nitrogens with zero attached hydrogens (tertiary/aromatic N) is 1. The van der Waals surface area contributed by atoms with Crippen molar-refractivity contribution in [3.8, 4) is 0 Å². The first kappa shape index (κ1) is 16.5. The van der Waals surface area contributed by atoms with Gasteiger partial charge in [0.15, 0.2) is 0 Å². The molecule has 0 saturated carbocycles. The van der Waals surface area contributed by atoms with Crippen LogP contribution in [0, 0.1) is 0 Å². The first-order valence-electron chi connectivity index (χ1n) is 8.65. The Kier molecular flexibility index (Phi) is 4.90. The fraction of sp³-hybridized carbons (Fsp3) is 0.400. The third-order valence-electron chi connectivity index (χ3n) is 5.02. The van der Waals surface area contributed by atoms with Gasteiger partial charge in [-0.3, -0.25) is 4.90 Å². The number of piperazine rings is 1. The van der Waals surface area contributed by atoms with Gasteiger partial charge in [0.2, 0.25) is 0 Å². The molecule has 126 valence electrons. The van der Waals surface area contributed by atoms with E-state index in [1.165, 1.54) is 25.8 Å². The molecule has 2 aliphatic heterocycles. The SMILES string of the molecule is CSc1ccc2c(c1)C(N1CCNC(C)C1)Cc1ccccc1S2. The predicted molar refractivity (Wildman–Crippen MR) is 104 cm³/mol. The van der Waals surface area contributed by atoms with E-state index in [1.54, 1.807) is 0 Å². The lowest BCUT2D eigenvalue weighted by Gasteiger charge is -2.38. The maximum Gasteiger partial charge on any atom is 0.0401 e. The zero-order valence-electron chi connectivity index (χ0n) is 14.3. The second-order valence-corrected chi connectivity index (χ2v) is 8.65. The van der Waals surface area contributed by atoms with Crippen LogP contribution >= 0.6 is 23.5 Å². The molecule has 0 amide bonds. The van der Waals surface area contributed by atoms with Crippen LogP contribution in [0.25, 0.3) is 0 Å². The van der Waals surface area contributed by atoms with Crippen molar-refractivity contribution in [2.45, 2.75) is 40.1 Å². The number of hydrogen-bond donors (Lipinski definition) is 1. The van der Waals surface area contributed by atoms with E-state index in [2.05, 4.69) is 65.9 Å². The van der Waals surface area contributed by atoms with Crippen molar-refractivity contribution < 1.29 is 0 Å². The monoisotopic (exact) mass is 356 g/mol. The summed E-state index contributed by atoms with van der Waals surface area (Å²) >= 11 is 3.78. The average Bonchev–Trinajstić information content (AvgIpc) is 2.77. The van der Waals surface area contributed by atoms with E-state index in [1.807, 2.05) is 23.5 Å². The molecule has 2 heterocycles. The average molecular weight is 357 g/mol. The minimum atomic E-state index is 0.479. The van der Waals surface area contributed by atoms with Gasteiger partial charge in [-0.25, -0.2) is 0 Å². The Morgan fingerprint density at radius 2 is 2.04 bits per heavy atom. The van der Waals surface area contributed by atoms with Gasteiger partial charge >= 0.3 is 0 Å². The lowest BCUT2D eigenvalue weighted by molar-refractivity contribution is 0.146. The predicted octanol–water partition coefficient (Wildman–Crippen LogP) is 4.45. The molecule has 1 fully saturated rings. The molecule has 1 N–H and O–H groups in total. The van der Waals surface area contributed by atoms with Crippen LogP contribution in [0.5, 0.6) is 0 Å². The number of hydrogen-bond acceptors (Lipinski definition) is 4. The second kappa shape index (κ2) is 7.12. The van der Waals surface area contributed by atoms with Crippen molar-refractivity contribution in [2.75, 3.05) is 25.9 Å². The molecule has 0 aliphatic carbocycles. The summed E-state index contributed by atoms with van der Waals surface area (Å²) < 4.78 is 0. The highest BCUT2D eigenvalue weighted by atomic mass is 32.2. The Morgan fingerprint density at radius 1 is 1.17 bits per heavy atom. The molecular formula is C20H24N2S2. The molecule has 1 saturated heterocycles. The third kappa shape index (κ3) is 3.25. The van der Waals surface area contributed by atoms with Crippen molar-refractivity contribution in [3.63, 3.8) is 0 Å². The molecule has 0 bridgehead atoms. The van der Waals surface area contributed by atoms with Crippen LogP contribution in [0.3, 0.4) is 0 Å². The Bertz CT molecular complexity index is 731. The van der Waals surface area contributed by atoms with Gasteiger partial charge in [0, 0.05) is 46.4 Å². The van der Waals surface area contributed by atoms with E-state index in [-0.39, 0.29) is 0 Å². The van der Waals surface area contributed by atoms with Crippen molar-refractivity contribution in [3.05, 3.63) is 53.6 Å². The van der Waals surface area contributed by atoms with Crippen LogP contribution in [-0.2, 0) is 6.42 Å². The molecular weight excluding hydrogens is 332 g/mol. The van der Waals surface area contributed by atoms with Gasteiger partial charge < -0.3 is 5.32 Å². The normalized spacial score (nSPS) is 24.1. The molecule has 0 radical (unpaired) electrons. The van der Waals surface area contributed by atoms with Crippen molar-refractivity contribution in [2.24, 2.45) is 0 Å². The topological polar surface area (TPSA) is 15.3 Å². The summed E-state index contributed by atoms with van der Waals surface area (Å²) in [4.78, 5) is 6.90. The molecule has 0 spiro atoms. The molecule has 2 aromatic rings. The van der Waals surface area contributed by atoms with Crippen LogP contribution in [0.15, 0.2) is 57.2 Å². The van der Waals surface area contributed by atoms with Crippen molar-refractivity contribution in [1.82, 2.24) is 10.2 Å². The summed E-state index contributed by atoms with van der Waals surface area (Å²) in [5, 5.41) is 3.58. The van der Waals surface area contributed by atoms with Crippen molar-refractivity contribution in [1.29, 1.82) is 0 Å². The third-order valence-corrected chi connectivity index (χ3v) is 6.96. The summed E-state index contributed by atoms with van der Waals surface area (Å²) in [7, 11) is 0. The first-order chi connectivity index (χ1) is 11.7. The molecule has 0 aromatic heterocycles. The van der Waals surface area contributed by atoms with Gasteiger partial charge in [-0.1, -0.05) is 30.0 Å². The summed E-state index contributed by atoms with van der Waals surface area (Å²) in [5.74, 6) is 0. The summed E-state index contributed by atoms with van der Waals surface area (Å²) in [6.07, 6.45) is 3.28. The highest BCUT2D eigenvalue weighted by Gasteiger charge is 2.30. The minimum absolute atomic E-state index is 0.479. The van der Waals surface area contributed by atoms with Crippen molar-refractivity contribution >= 4 is 23.5 Å². The largest absolute Gasteiger partial charge is 0.312 e. The number of rotatable bonds is 2. The fourth-order valence-electron chi connectivity index (χ4n) is 3.79. The zero-order chi connectivity index (χ0) is 16.5. The lowest BCUT2D eigenvalue weighted by Crippen LogP contribution is -2.50. The summed E-state index contributed by atoms with van der Waals surface area (Å²) in [5.41, 5.74) is 3.00. The highest BCUT2D eigenvalue weighted by molar-refractivity contribution is 7.99. The molecule has 2 unspecified atom stereocenters. The quantitative estimate of drug-likeness (QED) is 0.799. The number of nitrogens with one attached hydrogen (secondary N) is 1. The Balaban J connectivity index is 1.78. The van der Waals surface area contributed by atoms with Crippen LogP contribution < -0.4 is 5.32 Å². The minimum Gasteiger partial charge on any atom is -0.312 e. The highest BCUT2D eigenvalue weighted by Crippen LogP contribution is 2.44. The Hall–Kier alpha value is -0.940. The van der Waals surface area contributed by atoms with Gasteiger partial charge in [-0.15, -0.1) is 11.8 Å². The molecule has 4 heteroatoms. The first-order valence-corrected chi connectivity index (χ1v) is 10.7. The van der Waals surface area contributed by atoms with Crippen LogP contribution in [0.2, 0.25) is 0 Å². The molecule has 2 atom stereocenters. The van der Waals surface area contributed by atoms with Crippen LogP contribution in [0.1, 0.15) is 24.1 Å². The smallest absolute Gasteiger partial charge is 0.0401 e. The Morgan fingerprint density at radius 3 is 2.88 bits per heavy atom. The molecule has 2 aromatic carbocycles. The van der Waals surface area contributed by atoms with E-state index in [9.17, 15) is 0 Å². The van der Waals surface area contributed by atoms with Crippen LogP contribution in [-0.4, -0.2) is 36.8 Å². The van der Waals surface area contributed by atoms with Crippen LogP contribution in [0.4, 0.5) is 0 Å². The second-order valence-electron chi connectivity index (χ2n) is 6.68.